The van der Waals surface area contributed by atoms with Crippen LogP contribution in [-0.2, 0) is 17.7 Å². The molecule has 1 fully saturated rings. The van der Waals surface area contributed by atoms with Crippen molar-refractivity contribution in [3.63, 3.8) is 0 Å². The van der Waals surface area contributed by atoms with Crippen LogP contribution in [0.4, 0.5) is 0 Å². The molecule has 0 radical (unpaired) electrons. The standard InChI is InChI=1S/C13H22N2OS/c1-3-5-13-15-10(2)12(17-13)8-14-11-6-4-7-16-9-11/h11,14H,3-9H2,1-2H3. The fourth-order valence-electron chi connectivity index (χ4n) is 2.11. The van der Waals surface area contributed by atoms with Crippen LogP contribution in [0.5, 0.6) is 0 Å². The van der Waals surface area contributed by atoms with E-state index in [1.54, 1.807) is 0 Å². The quantitative estimate of drug-likeness (QED) is 0.877. The molecule has 1 aromatic rings. The van der Waals surface area contributed by atoms with E-state index in [4.69, 9.17) is 4.74 Å². The highest BCUT2D eigenvalue weighted by molar-refractivity contribution is 7.11. The van der Waals surface area contributed by atoms with E-state index in [0.29, 0.717) is 6.04 Å². The summed E-state index contributed by atoms with van der Waals surface area (Å²) in [5.41, 5.74) is 1.20. The zero-order valence-electron chi connectivity index (χ0n) is 10.8. The minimum atomic E-state index is 0.528. The van der Waals surface area contributed by atoms with Crippen LogP contribution < -0.4 is 5.32 Å². The maximum absolute atomic E-state index is 5.47. The Morgan fingerprint density at radius 3 is 3.12 bits per heavy atom. The van der Waals surface area contributed by atoms with Crippen LogP contribution in [0.2, 0.25) is 0 Å². The molecule has 1 aliphatic heterocycles. The van der Waals surface area contributed by atoms with Gasteiger partial charge in [0.05, 0.1) is 17.3 Å². The summed E-state index contributed by atoms with van der Waals surface area (Å²) in [5, 5.41) is 4.86. The fraction of sp³-hybridized carbons (Fsp3) is 0.769. The molecule has 0 aromatic carbocycles. The van der Waals surface area contributed by atoms with E-state index < -0.39 is 0 Å². The number of hydrogen-bond acceptors (Lipinski definition) is 4. The summed E-state index contributed by atoms with van der Waals surface area (Å²) in [4.78, 5) is 6.00. The first kappa shape index (κ1) is 13.0. The number of hydrogen-bond donors (Lipinski definition) is 1. The summed E-state index contributed by atoms with van der Waals surface area (Å²) in [6.45, 7) is 7.05. The number of nitrogens with one attached hydrogen (secondary N) is 1. The number of thiazole rings is 1. The van der Waals surface area contributed by atoms with Gasteiger partial charge in [-0.15, -0.1) is 11.3 Å². The van der Waals surface area contributed by atoms with Crippen LogP contribution in [0.3, 0.4) is 0 Å². The maximum Gasteiger partial charge on any atom is 0.0931 e. The van der Waals surface area contributed by atoms with E-state index in [0.717, 1.165) is 26.2 Å². The van der Waals surface area contributed by atoms with Gasteiger partial charge in [0, 0.05) is 24.1 Å². The SMILES string of the molecule is CCCc1nc(C)c(CNC2CCCOC2)s1. The minimum absolute atomic E-state index is 0.528. The van der Waals surface area contributed by atoms with Gasteiger partial charge in [-0.3, -0.25) is 0 Å². The van der Waals surface area contributed by atoms with Crippen molar-refractivity contribution in [1.29, 1.82) is 0 Å². The van der Waals surface area contributed by atoms with Crippen molar-refractivity contribution in [2.75, 3.05) is 13.2 Å². The van der Waals surface area contributed by atoms with Gasteiger partial charge in [0.2, 0.25) is 0 Å². The van der Waals surface area contributed by atoms with Gasteiger partial charge in [0.25, 0.3) is 0 Å². The van der Waals surface area contributed by atoms with Crippen molar-refractivity contribution in [2.45, 2.75) is 52.1 Å². The van der Waals surface area contributed by atoms with Crippen molar-refractivity contribution >= 4 is 11.3 Å². The molecule has 1 unspecified atom stereocenters. The second-order valence-corrected chi connectivity index (χ2v) is 5.83. The molecular weight excluding hydrogens is 232 g/mol. The molecule has 0 spiro atoms. The molecule has 4 heteroatoms. The Morgan fingerprint density at radius 2 is 2.41 bits per heavy atom. The van der Waals surface area contributed by atoms with E-state index in [9.17, 15) is 0 Å². The summed E-state index contributed by atoms with van der Waals surface area (Å²) in [6.07, 6.45) is 4.70. The van der Waals surface area contributed by atoms with Gasteiger partial charge >= 0.3 is 0 Å². The molecule has 1 aliphatic rings. The third kappa shape index (κ3) is 3.76. The van der Waals surface area contributed by atoms with Crippen LogP contribution >= 0.6 is 11.3 Å². The largest absolute Gasteiger partial charge is 0.380 e. The first-order valence-corrected chi connectivity index (χ1v) is 7.37. The van der Waals surface area contributed by atoms with Crippen LogP contribution in [0.1, 0.15) is 41.8 Å². The Kier molecular flexibility index (Phi) is 4.95. The lowest BCUT2D eigenvalue weighted by molar-refractivity contribution is 0.0700. The highest BCUT2D eigenvalue weighted by Crippen LogP contribution is 2.19. The zero-order chi connectivity index (χ0) is 12.1. The first-order chi connectivity index (χ1) is 8.29. The topological polar surface area (TPSA) is 34.2 Å². The van der Waals surface area contributed by atoms with Crippen LogP contribution in [0, 0.1) is 6.92 Å². The van der Waals surface area contributed by atoms with Gasteiger partial charge < -0.3 is 10.1 Å². The molecule has 1 aromatic heterocycles. The lowest BCUT2D eigenvalue weighted by Gasteiger charge is -2.22. The number of ether oxygens (including phenoxy) is 1. The smallest absolute Gasteiger partial charge is 0.0931 e. The van der Waals surface area contributed by atoms with Gasteiger partial charge in [0.15, 0.2) is 0 Å². The van der Waals surface area contributed by atoms with E-state index in [1.807, 2.05) is 11.3 Å². The van der Waals surface area contributed by atoms with Crippen LogP contribution in [-0.4, -0.2) is 24.2 Å². The normalized spacial score (nSPS) is 20.7. The molecule has 0 bridgehead atoms. The summed E-state index contributed by atoms with van der Waals surface area (Å²) in [7, 11) is 0. The van der Waals surface area contributed by atoms with Crippen LogP contribution in [0.15, 0.2) is 0 Å². The maximum atomic E-state index is 5.47. The molecule has 0 aliphatic carbocycles. The Balaban J connectivity index is 1.84. The number of rotatable bonds is 5. The lowest BCUT2D eigenvalue weighted by Crippen LogP contribution is -2.36. The third-order valence-electron chi connectivity index (χ3n) is 3.11. The Bertz CT molecular complexity index is 345. The monoisotopic (exact) mass is 254 g/mol. The number of aromatic nitrogens is 1. The van der Waals surface area contributed by atoms with Gasteiger partial charge in [-0.1, -0.05) is 6.92 Å². The molecule has 1 saturated heterocycles. The summed E-state index contributed by atoms with van der Waals surface area (Å²) < 4.78 is 5.47. The zero-order valence-corrected chi connectivity index (χ0v) is 11.6. The molecule has 2 heterocycles. The molecule has 1 N–H and O–H groups in total. The highest BCUT2D eigenvalue weighted by Gasteiger charge is 2.14. The van der Waals surface area contributed by atoms with Crippen molar-refractivity contribution in [2.24, 2.45) is 0 Å². The third-order valence-corrected chi connectivity index (χ3v) is 4.33. The second kappa shape index (κ2) is 6.47. The fourth-order valence-corrected chi connectivity index (χ4v) is 3.23. The highest BCUT2D eigenvalue weighted by atomic mass is 32.1. The second-order valence-electron chi connectivity index (χ2n) is 4.66. The molecule has 96 valence electrons. The lowest BCUT2D eigenvalue weighted by atomic mass is 10.1. The number of nitrogens with zero attached hydrogens (tertiary/aromatic N) is 1. The van der Waals surface area contributed by atoms with Crippen molar-refractivity contribution in [1.82, 2.24) is 10.3 Å². The Morgan fingerprint density at radius 1 is 1.53 bits per heavy atom. The van der Waals surface area contributed by atoms with E-state index in [2.05, 4.69) is 24.1 Å². The van der Waals surface area contributed by atoms with Crippen molar-refractivity contribution in [3.8, 4) is 0 Å². The average Bonchev–Trinajstić information content (AvgIpc) is 2.69. The van der Waals surface area contributed by atoms with Crippen LogP contribution in [0.25, 0.3) is 0 Å². The summed E-state index contributed by atoms with van der Waals surface area (Å²) in [6, 6.07) is 0.528. The summed E-state index contributed by atoms with van der Waals surface area (Å²) >= 11 is 1.86. The van der Waals surface area contributed by atoms with Gasteiger partial charge in [-0.25, -0.2) is 4.98 Å². The Labute approximate surface area is 108 Å². The first-order valence-electron chi connectivity index (χ1n) is 6.56. The van der Waals surface area contributed by atoms with Gasteiger partial charge in [-0.05, 0) is 32.6 Å². The molecule has 3 nitrogen and oxygen atoms in total. The molecule has 2 rings (SSSR count). The predicted molar refractivity (Wildman–Crippen MR) is 71.5 cm³/mol. The van der Waals surface area contributed by atoms with Gasteiger partial charge in [-0.2, -0.15) is 0 Å². The molecule has 1 atom stereocenters. The van der Waals surface area contributed by atoms with E-state index >= 15 is 0 Å². The van der Waals surface area contributed by atoms with Gasteiger partial charge in [0.1, 0.15) is 0 Å². The minimum Gasteiger partial charge on any atom is -0.380 e. The molecule has 0 saturated carbocycles. The van der Waals surface area contributed by atoms with E-state index in [1.165, 1.54) is 34.8 Å². The Hall–Kier alpha value is -0.450. The predicted octanol–water partition coefficient (Wildman–Crippen LogP) is 2.67. The molecule has 17 heavy (non-hydrogen) atoms. The van der Waals surface area contributed by atoms with E-state index in [-0.39, 0.29) is 0 Å². The average molecular weight is 254 g/mol. The number of aryl methyl sites for hydroxylation is 2. The molecule has 0 amide bonds. The van der Waals surface area contributed by atoms with Crippen molar-refractivity contribution in [3.05, 3.63) is 15.6 Å². The van der Waals surface area contributed by atoms with Crippen molar-refractivity contribution < 1.29 is 4.74 Å². The molecular formula is C13H22N2OS. The summed E-state index contributed by atoms with van der Waals surface area (Å²) in [5.74, 6) is 0.